The second-order valence-corrected chi connectivity index (χ2v) is 6.42. The van der Waals surface area contributed by atoms with Gasteiger partial charge in [-0.2, -0.15) is 0 Å². The van der Waals surface area contributed by atoms with E-state index in [1.54, 1.807) is 11.0 Å². The maximum atomic E-state index is 12.7. The third kappa shape index (κ3) is 3.03. The SMILES string of the molecule is Cc1cc(Br)ccc1C(=O)N1CC[C@H](C)C[C@H]1C(N)=O. The zero-order valence-electron chi connectivity index (χ0n) is 11.7. The monoisotopic (exact) mass is 338 g/mol. The first kappa shape index (κ1) is 15.0. The Labute approximate surface area is 127 Å². The van der Waals surface area contributed by atoms with Gasteiger partial charge in [-0.25, -0.2) is 0 Å². The summed E-state index contributed by atoms with van der Waals surface area (Å²) in [6, 6.07) is 5.04. The van der Waals surface area contributed by atoms with Crippen LogP contribution in [0.1, 0.15) is 35.7 Å². The maximum Gasteiger partial charge on any atom is 0.254 e. The Kier molecular flexibility index (Phi) is 4.48. The van der Waals surface area contributed by atoms with Crippen molar-refractivity contribution in [2.45, 2.75) is 32.7 Å². The van der Waals surface area contributed by atoms with Crippen LogP contribution in [0.3, 0.4) is 0 Å². The van der Waals surface area contributed by atoms with Crippen LogP contribution in [-0.4, -0.2) is 29.3 Å². The zero-order valence-corrected chi connectivity index (χ0v) is 13.3. The lowest BCUT2D eigenvalue weighted by Crippen LogP contribution is -2.52. The molecule has 1 saturated heterocycles. The number of nitrogens with two attached hydrogens (primary N) is 1. The number of nitrogens with zero attached hydrogens (tertiary/aromatic N) is 1. The highest BCUT2D eigenvalue weighted by molar-refractivity contribution is 9.10. The van der Waals surface area contributed by atoms with Crippen LogP contribution >= 0.6 is 15.9 Å². The first-order valence-corrected chi connectivity index (χ1v) is 7.56. The van der Waals surface area contributed by atoms with Crippen LogP contribution in [0.4, 0.5) is 0 Å². The summed E-state index contributed by atoms with van der Waals surface area (Å²) in [5, 5.41) is 0. The van der Waals surface area contributed by atoms with Gasteiger partial charge in [0.15, 0.2) is 0 Å². The largest absolute Gasteiger partial charge is 0.368 e. The summed E-state index contributed by atoms with van der Waals surface area (Å²) in [5.74, 6) is -0.104. The van der Waals surface area contributed by atoms with Crippen molar-refractivity contribution >= 4 is 27.7 Å². The molecule has 0 spiro atoms. The van der Waals surface area contributed by atoms with Crippen molar-refractivity contribution in [3.05, 3.63) is 33.8 Å². The molecule has 0 aliphatic carbocycles. The Morgan fingerprint density at radius 1 is 1.40 bits per heavy atom. The number of carbonyl (C=O) groups excluding carboxylic acids is 2. The van der Waals surface area contributed by atoms with Crippen LogP contribution in [-0.2, 0) is 4.79 Å². The molecule has 20 heavy (non-hydrogen) atoms. The number of amides is 2. The van der Waals surface area contributed by atoms with E-state index in [1.165, 1.54) is 0 Å². The fourth-order valence-corrected chi connectivity index (χ4v) is 3.15. The lowest BCUT2D eigenvalue weighted by atomic mass is 9.91. The number of primary amides is 1. The van der Waals surface area contributed by atoms with E-state index >= 15 is 0 Å². The summed E-state index contributed by atoms with van der Waals surface area (Å²) < 4.78 is 0.935. The predicted octanol–water partition coefficient (Wildman–Crippen LogP) is 2.48. The van der Waals surface area contributed by atoms with E-state index in [4.69, 9.17) is 5.73 Å². The van der Waals surface area contributed by atoms with Crippen molar-refractivity contribution < 1.29 is 9.59 Å². The second-order valence-electron chi connectivity index (χ2n) is 5.51. The van der Waals surface area contributed by atoms with E-state index in [1.807, 2.05) is 19.1 Å². The van der Waals surface area contributed by atoms with E-state index in [-0.39, 0.29) is 5.91 Å². The number of hydrogen-bond donors (Lipinski definition) is 1. The number of carbonyl (C=O) groups is 2. The molecule has 1 fully saturated rings. The maximum absolute atomic E-state index is 12.7. The van der Waals surface area contributed by atoms with Crippen molar-refractivity contribution in [1.29, 1.82) is 0 Å². The molecule has 0 radical (unpaired) electrons. The van der Waals surface area contributed by atoms with Gasteiger partial charge in [0.25, 0.3) is 5.91 Å². The van der Waals surface area contributed by atoms with E-state index in [0.29, 0.717) is 24.4 Å². The molecule has 1 heterocycles. The Balaban J connectivity index is 2.28. The third-order valence-electron chi connectivity index (χ3n) is 3.87. The molecule has 2 rings (SSSR count). The average molecular weight is 339 g/mol. The fraction of sp³-hybridized carbons (Fsp3) is 0.467. The van der Waals surface area contributed by atoms with Gasteiger partial charge in [-0.05, 0) is 49.4 Å². The second kappa shape index (κ2) is 5.95. The van der Waals surface area contributed by atoms with Gasteiger partial charge in [0.2, 0.25) is 5.91 Å². The van der Waals surface area contributed by atoms with Crippen molar-refractivity contribution in [2.24, 2.45) is 11.7 Å². The van der Waals surface area contributed by atoms with Gasteiger partial charge in [-0.1, -0.05) is 22.9 Å². The molecule has 1 aliphatic rings. The highest BCUT2D eigenvalue weighted by Crippen LogP contribution is 2.25. The van der Waals surface area contributed by atoms with Gasteiger partial charge < -0.3 is 10.6 Å². The molecule has 2 amide bonds. The van der Waals surface area contributed by atoms with Crippen LogP contribution < -0.4 is 5.73 Å². The summed E-state index contributed by atoms with van der Waals surface area (Å²) in [5.41, 5.74) is 6.99. The standard InChI is InChI=1S/C15H19BrN2O2/c1-9-5-6-18(13(7-9)14(17)19)15(20)12-4-3-11(16)8-10(12)2/h3-4,8-9,13H,5-7H2,1-2H3,(H2,17,19)/t9-,13-/m0/s1. The van der Waals surface area contributed by atoms with E-state index in [0.717, 1.165) is 16.5 Å². The number of piperidine rings is 1. The minimum Gasteiger partial charge on any atom is -0.368 e. The van der Waals surface area contributed by atoms with Gasteiger partial charge in [-0.15, -0.1) is 0 Å². The van der Waals surface area contributed by atoms with Crippen molar-refractivity contribution in [1.82, 2.24) is 4.90 Å². The number of likely N-dealkylation sites (tertiary alicyclic amines) is 1. The van der Waals surface area contributed by atoms with Crippen molar-refractivity contribution in [3.8, 4) is 0 Å². The molecular formula is C15H19BrN2O2. The molecule has 4 nitrogen and oxygen atoms in total. The molecule has 0 bridgehead atoms. The Morgan fingerprint density at radius 3 is 2.70 bits per heavy atom. The third-order valence-corrected chi connectivity index (χ3v) is 4.37. The topological polar surface area (TPSA) is 63.4 Å². The number of aryl methyl sites for hydroxylation is 1. The fourth-order valence-electron chi connectivity index (χ4n) is 2.68. The summed E-state index contributed by atoms with van der Waals surface area (Å²) in [4.78, 5) is 25.9. The van der Waals surface area contributed by atoms with Gasteiger partial charge in [-0.3, -0.25) is 9.59 Å². The molecule has 1 aromatic carbocycles. The Bertz CT molecular complexity index is 545. The highest BCUT2D eigenvalue weighted by atomic mass is 79.9. The smallest absolute Gasteiger partial charge is 0.254 e. The van der Waals surface area contributed by atoms with Crippen LogP contribution in [0.15, 0.2) is 22.7 Å². The molecule has 2 N–H and O–H groups in total. The summed E-state index contributed by atoms with van der Waals surface area (Å²) in [6.07, 6.45) is 1.56. The van der Waals surface area contributed by atoms with Gasteiger partial charge in [0.05, 0.1) is 0 Å². The molecular weight excluding hydrogens is 320 g/mol. The average Bonchev–Trinajstić information content (AvgIpc) is 2.37. The van der Waals surface area contributed by atoms with E-state index in [9.17, 15) is 9.59 Å². The van der Waals surface area contributed by atoms with E-state index in [2.05, 4.69) is 22.9 Å². The van der Waals surface area contributed by atoms with Crippen LogP contribution in [0.25, 0.3) is 0 Å². The Morgan fingerprint density at radius 2 is 2.10 bits per heavy atom. The zero-order chi connectivity index (χ0) is 14.9. The van der Waals surface area contributed by atoms with E-state index < -0.39 is 11.9 Å². The summed E-state index contributed by atoms with van der Waals surface area (Å²) >= 11 is 3.39. The molecule has 1 aliphatic heterocycles. The van der Waals surface area contributed by atoms with Crippen LogP contribution in [0.2, 0.25) is 0 Å². The quantitative estimate of drug-likeness (QED) is 0.900. The normalized spacial score (nSPS) is 22.6. The number of rotatable bonds is 2. The minimum absolute atomic E-state index is 0.106. The van der Waals surface area contributed by atoms with Gasteiger partial charge in [0.1, 0.15) is 6.04 Å². The molecule has 5 heteroatoms. The van der Waals surface area contributed by atoms with Crippen molar-refractivity contribution in [2.75, 3.05) is 6.54 Å². The molecule has 1 aromatic rings. The van der Waals surface area contributed by atoms with Gasteiger partial charge in [0, 0.05) is 16.6 Å². The minimum atomic E-state index is -0.491. The molecule has 0 unspecified atom stereocenters. The molecule has 0 saturated carbocycles. The highest BCUT2D eigenvalue weighted by Gasteiger charge is 2.34. The summed E-state index contributed by atoms with van der Waals surface area (Å²) in [6.45, 7) is 4.57. The van der Waals surface area contributed by atoms with Crippen molar-refractivity contribution in [3.63, 3.8) is 0 Å². The Hall–Kier alpha value is -1.36. The molecule has 2 atom stereocenters. The lowest BCUT2D eigenvalue weighted by Gasteiger charge is -2.37. The number of hydrogen-bond acceptors (Lipinski definition) is 2. The number of halogens is 1. The predicted molar refractivity (Wildman–Crippen MR) is 81.3 cm³/mol. The lowest BCUT2D eigenvalue weighted by molar-refractivity contribution is -0.124. The number of benzene rings is 1. The van der Waals surface area contributed by atoms with Crippen LogP contribution in [0, 0.1) is 12.8 Å². The van der Waals surface area contributed by atoms with Gasteiger partial charge >= 0.3 is 0 Å². The molecule has 108 valence electrons. The van der Waals surface area contributed by atoms with Crippen LogP contribution in [0.5, 0.6) is 0 Å². The summed E-state index contributed by atoms with van der Waals surface area (Å²) in [7, 11) is 0. The first-order valence-electron chi connectivity index (χ1n) is 6.76. The first-order chi connectivity index (χ1) is 9.40. The molecule has 0 aromatic heterocycles.